The zero-order chi connectivity index (χ0) is 31.2. The first-order chi connectivity index (χ1) is 20.3. The molecule has 9 nitrogen and oxygen atoms in total. The lowest BCUT2D eigenvalue weighted by molar-refractivity contribution is -0.203. The number of aryl methyl sites for hydroxylation is 1. The second kappa shape index (κ2) is 14.1. The summed E-state index contributed by atoms with van der Waals surface area (Å²) in [5.41, 5.74) is 1.71. The van der Waals surface area contributed by atoms with Crippen LogP contribution in [0.1, 0.15) is 51.2 Å². The number of cyclic esters (lactones) is 1. The Morgan fingerprint density at radius 2 is 1.77 bits per heavy atom. The Morgan fingerprint density at radius 1 is 1.07 bits per heavy atom. The minimum absolute atomic E-state index is 0.0428. The van der Waals surface area contributed by atoms with Gasteiger partial charge in [-0.05, 0) is 73.6 Å². The molecule has 0 unspecified atom stereocenters. The van der Waals surface area contributed by atoms with Crippen LogP contribution in [0.3, 0.4) is 0 Å². The van der Waals surface area contributed by atoms with Crippen LogP contribution < -0.4 is 4.74 Å². The van der Waals surface area contributed by atoms with Crippen LogP contribution in [0.4, 0.5) is 0 Å². The molecule has 43 heavy (non-hydrogen) atoms. The van der Waals surface area contributed by atoms with E-state index in [1.807, 2.05) is 25.1 Å². The van der Waals surface area contributed by atoms with Crippen molar-refractivity contribution in [2.24, 2.45) is 17.8 Å². The van der Waals surface area contributed by atoms with E-state index in [4.69, 9.17) is 18.4 Å². The summed E-state index contributed by atoms with van der Waals surface area (Å²) >= 11 is 0. The van der Waals surface area contributed by atoms with Crippen molar-refractivity contribution in [2.75, 3.05) is 13.2 Å². The van der Waals surface area contributed by atoms with Gasteiger partial charge in [0, 0.05) is 32.8 Å². The van der Waals surface area contributed by atoms with Gasteiger partial charge < -0.3 is 24.4 Å². The van der Waals surface area contributed by atoms with Crippen molar-refractivity contribution in [3.8, 4) is 5.75 Å². The third-order valence-corrected chi connectivity index (χ3v) is 9.07. The molecule has 2 aromatic carbocycles. The zero-order valence-corrected chi connectivity index (χ0v) is 26.0. The molecule has 1 saturated carbocycles. The van der Waals surface area contributed by atoms with Crippen molar-refractivity contribution in [3.05, 3.63) is 83.6 Å². The normalized spacial score (nSPS) is 23.6. The molecule has 234 valence electrons. The molecule has 0 spiro atoms. The molecule has 10 heteroatoms. The fraction of sp³-hybridized carbons (Fsp3) is 0.485. The number of hydrogen-bond acceptors (Lipinski definition) is 9. The van der Waals surface area contributed by atoms with Gasteiger partial charge >= 0.3 is 5.97 Å². The Balaban J connectivity index is 1.42. The Bertz CT molecular complexity index is 1390. The van der Waals surface area contributed by atoms with E-state index in [9.17, 15) is 23.4 Å². The maximum Gasteiger partial charge on any atom is 0.337 e. The molecular formula is C33H42O9S. The average Bonchev–Trinajstić information content (AvgIpc) is 2.94. The standard InChI is InChI=1S/C33H42O9S/c1-22-5-13-29(14-6-22)43(37,38)39-21-26(35)18-24-8-10-27(11-9-24)40-31(30-15-7-23(2)17-25(30)20-34)16-12-28-19-32(36)42-33(3,4)41-28/h5-6,8-14,16,19,23,25-26,30-31,34-35H,7,15,17-18,20-21H2,1-4H3/b16-12+/t23-,25+,26-,30-,31-/m1/s1. The molecule has 0 saturated heterocycles. The van der Waals surface area contributed by atoms with Crippen LogP contribution in [0, 0.1) is 24.7 Å². The van der Waals surface area contributed by atoms with Crippen molar-refractivity contribution in [3.63, 3.8) is 0 Å². The lowest BCUT2D eigenvalue weighted by atomic mass is 9.72. The molecule has 1 aliphatic heterocycles. The van der Waals surface area contributed by atoms with Crippen LogP contribution in [0.2, 0.25) is 0 Å². The summed E-state index contributed by atoms with van der Waals surface area (Å²) in [6, 6.07) is 13.5. The predicted octanol–water partition coefficient (Wildman–Crippen LogP) is 4.85. The largest absolute Gasteiger partial charge is 0.486 e. The van der Waals surface area contributed by atoms with Crippen molar-refractivity contribution in [2.45, 2.75) is 76.3 Å². The maximum atomic E-state index is 12.4. The van der Waals surface area contributed by atoms with Crippen LogP contribution in [0.15, 0.2) is 77.4 Å². The second-order valence-corrected chi connectivity index (χ2v) is 13.6. The van der Waals surface area contributed by atoms with Gasteiger partial charge in [-0.1, -0.05) is 43.2 Å². The highest BCUT2D eigenvalue weighted by atomic mass is 32.2. The van der Waals surface area contributed by atoms with E-state index in [-0.39, 0.29) is 36.4 Å². The maximum absolute atomic E-state index is 12.4. The van der Waals surface area contributed by atoms with E-state index in [0.717, 1.165) is 30.4 Å². The van der Waals surface area contributed by atoms with Crippen LogP contribution in [-0.2, 0) is 35.0 Å². The highest BCUT2D eigenvalue weighted by molar-refractivity contribution is 7.86. The Kier molecular flexibility index (Phi) is 10.7. The molecule has 0 amide bonds. The van der Waals surface area contributed by atoms with Gasteiger partial charge in [0.15, 0.2) is 0 Å². The molecule has 5 atom stereocenters. The third kappa shape index (κ3) is 9.40. The third-order valence-electron chi connectivity index (χ3n) is 7.77. The summed E-state index contributed by atoms with van der Waals surface area (Å²) in [5.74, 6) is 0.0349. The Hall–Kier alpha value is -3.18. The van der Waals surface area contributed by atoms with Gasteiger partial charge in [-0.15, -0.1) is 0 Å². The molecule has 4 rings (SSSR count). The van der Waals surface area contributed by atoms with Crippen molar-refractivity contribution in [1.29, 1.82) is 0 Å². The first-order valence-corrected chi connectivity index (χ1v) is 16.1. The quantitative estimate of drug-likeness (QED) is 0.255. The Labute approximate surface area is 254 Å². The summed E-state index contributed by atoms with van der Waals surface area (Å²) < 4.78 is 47.3. The monoisotopic (exact) mass is 614 g/mol. The summed E-state index contributed by atoms with van der Waals surface area (Å²) in [7, 11) is -3.97. The fourth-order valence-electron chi connectivity index (χ4n) is 5.56. The number of benzene rings is 2. The summed E-state index contributed by atoms with van der Waals surface area (Å²) in [4.78, 5) is 12.0. The number of esters is 1. The van der Waals surface area contributed by atoms with E-state index in [1.165, 1.54) is 18.2 Å². The molecule has 2 aliphatic rings. The van der Waals surface area contributed by atoms with E-state index < -0.39 is 34.1 Å². The van der Waals surface area contributed by atoms with Gasteiger partial charge in [0.1, 0.15) is 17.6 Å². The fourth-order valence-corrected chi connectivity index (χ4v) is 6.50. The van der Waals surface area contributed by atoms with Gasteiger partial charge in [0.05, 0.1) is 23.7 Å². The Morgan fingerprint density at radius 3 is 2.42 bits per heavy atom. The molecule has 0 radical (unpaired) electrons. The molecule has 0 aromatic heterocycles. The minimum Gasteiger partial charge on any atom is -0.486 e. The van der Waals surface area contributed by atoms with Crippen molar-refractivity contribution >= 4 is 16.1 Å². The number of carbonyl (C=O) groups excluding carboxylic acids is 1. The average molecular weight is 615 g/mol. The lowest BCUT2D eigenvalue weighted by Crippen LogP contribution is -2.37. The first kappa shape index (κ1) is 32.7. The topological polar surface area (TPSA) is 129 Å². The zero-order valence-electron chi connectivity index (χ0n) is 25.1. The highest BCUT2D eigenvalue weighted by Gasteiger charge is 2.35. The number of allylic oxidation sites excluding steroid dienone is 1. The molecule has 1 fully saturated rings. The van der Waals surface area contributed by atoms with Gasteiger partial charge in [0.25, 0.3) is 10.1 Å². The molecule has 2 N–H and O–H groups in total. The van der Waals surface area contributed by atoms with Gasteiger partial charge in [-0.3, -0.25) is 4.18 Å². The van der Waals surface area contributed by atoms with Gasteiger partial charge in [0.2, 0.25) is 5.79 Å². The second-order valence-electron chi connectivity index (χ2n) is 12.0. The van der Waals surface area contributed by atoms with E-state index in [1.54, 1.807) is 44.2 Å². The molecule has 0 bridgehead atoms. The van der Waals surface area contributed by atoms with Crippen molar-refractivity contribution in [1.82, 2.24) is 0 Å². The number of rotatable bonds is 12. The van der Waals surface area contributed by atoms with Crippen LogP contribution in [0.25, 0.3) is 0 Å². The van der Waals surface area contributed by atoms with Gasteiger partial charge in [-0.25, -0.2) is 4.79 Å². The van der Waals surface area contributed by atoms with Crippen LogP contribution >= 0.6 is 0 Å². The number of aliphatic hydroxyl groups is 2. The number of aliphatic hydroxyl groups excluding tert-OH is 2. The first-order valence-electron chi connectivity index (χ1n) is 14.7. The predicted molar refractivity (Wildman–Crippen MR) is 160 cm³/mol. The van der Waals surface area contributed by atoms with Crippen molar-refractivity contribution < 1.29 is 41.8 Å². The van der Waals surface area contributed by atoms with Crippen LogP contribution in [-0.4, -0.2) is 55.8 Å². The van der Waals surface area contributed by atoms with Crippen LogP contribution in [0.5, 0.6) is 5.75 Å². The van der Waals surface area contributed by atoms with E-state index in [0.29, 0.717) is 17.4 Å². The molecule has 2 aromatic rings. The van der Waals surface area contributed by atoms with E-state index in [2.05, 4.69) is 6.92 Å². The summed E-state index contributed by atoms with van der Waals surface area (Å²) in [6.45, 7) is 7.07. The number of hydrogen-bond donors (Lipinski definition) is 2. The molecule has 1 aliphatic carbocycles. The summed E-state index contributed by atoms with van der Waals surface area (Å²) in [6.07, 6.45) is 6.44. The van der Waals surface area contributed by atoms with Gasteiger partial charge in [-0.2, -0.15) is 8.42 Å². The summed E-state index contributed by atoms with van der Waals surface area (Å²) in [5, 5.41) is 20.6. The SMILES string of the molecule is Cc1ccc(S(=O)(=O)OC[C@H](O)Cc2ccc(O[C@H](/C=C/C3=CC(=O)OC(C)(C)O3)[C@@H]3CC[C@@H](C)C[C@H]3CO)cc2)cc1. The number of carbonyl (C=O) groups is 1. The smallest absolute Gasteiger partial charge is 0.337 e. The minimum atomic E-state index is -3.97. The molecule has 1 heterocycles. The molecular weight excluding hydrogens is 572 g/mol. The number of ether oxygens (including phenoxy) is 3. The van der Waals surface area contributed by atoms with E-state index >= 15 is 0 Å². The lowest BCUT2D eigenvalue weighted by Gasteiger charge is -2.37. The highest BCUT2D eigenvalue weighted by Crippen LogP contribution is 2.38.